The monoisotopic (exact) mass is 302 g/mol. The van der Waals surface area contributed by atoms with E-state index in [4.69, 9.17) is 11.6 Å². The first-order chi connectivity index (χ1) is 10.2. The third-order valence-corrected chi connectivity index (χ3v) is 4.46. The summed E-state index contributed by atoms with van der Waals surface area (Å²) >= 11 is 5.93. The van der Waals surface area contributed by atoms with Crippen LogP contribution in [0, 0.1) is 5.92 Å². The molecule has 0 aliphatic carbocycles. The highest BCUT2D eigenvalue weighted by atomic mass is 35.5. The van der Waals surface area contributed by atoms with Crippen molar-refractivity contribution in [1.82, 2.24) is 4.98 Å². The van der Waals surface area contributed by atoms with Crippen LogP contribution in [0.1, 0.15) is 24.5 Å². The lowest BCUT2D eigenvalue weighted by molar-refractivity contribution is 0.0926. The molecule has 3 nitrogen and oxygen atoms in total. The van der Waals surface area contributed by atoms with E-state index < -0.39 is 6.10 Å². The number of halogens is 1. The Morgan fingerprint density at radius 3 is 2.48 bits per heavy atom. The van der Waals surface area contributed by atoms with Crippen molar-refractivity contribution in [1.29, 1.82) is 0 Å². The molecule has 1 fully saturated rings. The number of benzene rings is 1. The standard InChI is InChI=1S/C17H19ClN2O/c18-15-3-5-16(6-4-15)20-10-7-13(8-11-20)17(21)14-2-1-9-19-12-14/h1-6,9,12-13,17,21H,7-8,10-11H2. The Kier molecular flexibility index (Phi) is 4.42. The zero-order chi connectivity index (χ0) is 14.7. The molecule has 2 heterocycles. The third-order valence-electron chi connectivity index (χ3n) is 4.20. The predicted octanol–water partition coefficient (Wildman–Crippen LogP) is 3.69. The SMILES string of the molecule is OC(c1cccnc1)C1CCN(c2ccc(Cl)cc2)CC1. The first-order valence-corrected chi connectivity index (χ1v) is 7.70. The Morgan fingerprint density at radius 1 is 1.14 bits per heavy atom. The van der Waals surface area contributed by atoms with Gasteiger partial charge in [-0.1, -0.05) is 17.7 Å². The van der Waals surface area contributed by atoms with Crippen LogP contribution in [0.25, 0.3) is 0 Å². The summed E-state index contributed by atoms with van der Waals surface area (Å²) in [7, 11) is 0. The van der Waals surface area contributed by atoms with Gasteiger partial charge in [-0.15, -0.1) is 0 Å². The summed E-state index contributed by atoms with van der Waals surface area (Å²) in [5.41, 5.74) is 2.12. The zero-order valence-corrected chi connectivity index (χ0v) is 12.6. The first kappa shape index (κ1) is 14.4. The highest BCUT2D eigenvalue weighted by Gasteiger charge is 2.26. The minimum Gasteiger partial charge on any atom is -0.388 e. The Bertz CT molecular complexity index is 565. The third kappa shape index (κ3) is 3.36. The smallest absolute Gasteiger partial charge is 0.0834 e. The van der Waals surface area contributed by atoms with Gasteiger partial charge in [-0.2, -0.15) is 0 Å². The number of hydrogen-bond acceptors (Lipinski definition) is 3. The molecule has 4 heteroatoms. The van der Waals surface area contributed by atoms with Crippen molar-refractivity contribution in [3.8, 4) is 0 Å². The molecule has 1 unspecified atom stereocenters. The van der Waals surface area contributed by atoms with Crippen LogP contribution in [-0.4, -0.2) is 23.2 Å². The Labute approximate surface area is 130 Å². The molecule has 2 aromatic rings. The zero-order valence-electron chi connectivity index (χ0n) is 11.8. The second-order valence-electron chi connectivity index (χ2n) is 5.53. The van der Waals surface area contributed by atoms with Crippen molar-refractivity contribution in [3.63, 3.8) is 0 Å². The number of hydrogen-bond donors (Lipinski definition) is 1. The van der Waals surface area contributed by atoms with E-state index in [0.717, 1.165) is 36.5 Å². The van der Waals surface area contributed by atoms with Crippen molar-refractivity contribution in [2.45, 2.75) is 18.9 Å². The van der Waals surface area contributed by atoms with Crippen LogP contribution in [0.4, 0.5) is 5.69 Å². The minimum atomic E-state index is -0.411. The van der Waals surface area contributed by atoms with E-state index in [-0.39, 0.29) is 0 Å². The predicted molar refractivity (Wildman–Crippen MR) is 85.6 cm³/mol. The molecule has 1 aliphatic rings. The lowest BCUT2D eigenvalue weighted by Crippen LogP contribution is -2.35. The van der Waals surface area contributed by atoms with Crippen LogP contribution in [0.15, 0.2) is 48.8 Å². The fourth-order valence-corrected chi connectivity index (χ4v) is 3.07. The molecule has 1 aromatic heterocycles. The van der Waals surface area contributed by atoms with Gasteiger partial charge in [0.25, 0.3) is 0 Å². The van der Waals surface area contributed by atoms with Gasteiger partial charge in [0.05, 0.1) is 6.10 Å². The fourth-order valence-electron chi connectivity index (χ4n) is 2.95. The number of pyridine rings is 1. The van der Waals surface area contributed by atoms with E-state index in [1.807, 2.05) is 24.3 Å². The van der Waals surface area contributed by atoms with Crippen LogP contribution in [0.2, 0.25) is 5.02 Å². The van der Waals surface area contributed by atoms with E-state index in [0.29, 0.717) is 5.92 Å². The Hall–Kier alpha value is -1.58. The van der Waals surface area contributed by atoms with Gasteiger partial charge in [0.2, 0.25) is 0 Å². The van der Waals surface area contributed by atoms with Crippen molar-refractivity contribution in [2.24, 2.45) is 5.92 Å². The number of anilines is 1. The number of aliphatic hydroxyl groups is 1. The molecule has 1 saturated heterocycles. The summed E-state index contributed by atoms with van der Waals surface area (Å²) in [6.45, 7) is 1.92. The van der Waals surface area contributed by atoms with E-state index in [1.165, 1.54) is 5.69 Å². The van der Waals surface area contributed by atoms with Gasteiger partial charge in [0, 0.05) is 36.2 Å². The number of aromatic nitrogens is 1. The molecule has 0 amide bonds. The Balaban J connectivity index is 1.61. The molecule has 1 N–H and O–H groups in total. The molecule has 110 valence electrons. The van der Waals surface area contributed by atoms with E-state index in [2.05, 4.69) is 22.0 Å². The van der Waals surface area contributed by atoms with Crippen molar-refractivity contribution in [2.75, 3.05) is 18.0 Å². The van der Waals surface area contributed by atoms with E-state index >= 15 is 0 Å². The molecule has 21 heavy (non-hydrogen) atoms. The summed E-state index contributed by atoms with van der Waals surface area (Å²) in [4.78, 5) is 6.44. The van der Waals surface area contributed by atoms with Crippen LogP contribution < -0.4 is 4.90 Å². The van der Waals surface area contributed by atoms with Crippen LogP contribution in [0.3, 0.4) is 0 Å². The van der Waals surface area contributed by atoms with Crippen LogP contribution in [-0.2, 0) is 0 Å². The summed E-state index contributed by atoms with van der Waals surface area (Å²) in [6.07, 6.45) is 5.05. The largest absolute Gasteiger partial charge is 0.388 e. The summed E-state index contributed by atoms with van der Waals surface area (Å²) in [5.74, 6) is 0.303. The molecule has 0 spiro atoms. The van der Waals surface area contributed by atoms with Crippen molar-refractivity contribution in [3.05, 3.63) is 59.4 Å². The molecule has 0 saturated carbocycles. The molecule has 0 radical (unpaired) electrons. The Morgan fingerprint density at radius 2 is 1.86 bits per heavy atom. The maximum atomic E-state index is 10.5. The van der Waals surface area contributed by atoms with Gasteiger partial charge in [-0.05, 0) is 54.7 Å². The van der Waals surface area contributed by atoms with Gasteiger partial charge in [0.15, 0.2) is 0 Å². The van der Waals surface area contributed by atoms with Gasteiger partial charge in [-0.3, -0.25) is 4.98 Å². The lowest BCUT2D eigenvalue weighted by atomic mass is 9.88. The second kappa shape index (κ2) is 6.46. The van der Waals surface area contributed by atoms with Gasteiger partial charge in [0.1, 0.15) is 0 Å². The summed E-state index contributed by atoms with van der Waals surface area (Å²) < 4.78 is 0. The quantitative estimate of drug-likeness (QED) is 0.939. The summed E-state index contributed by atoms with van der Waals surface area (Å²) in [5, 5.41) is 11.2. The normalized spacial score (nSPS) is 17.7. The van der Waals surface area contributed by atoms with Crippen molar-refractivity contribution < 1.29 is 5.11 Å². The number of piperidine rings is 1. The number of rotatable bonds is 3. The molecule has 3 rings (SSSR count). The van der Waals surface area contributed by atoms with Gasteiger partial charge >= 0.3 is 0 Å². The van der Waals surface area contributed by atoms with Crippen LogP contribution in [0.5, 0.6) is 0 Å². The topological polar surface area (TPSA) is 36.4 Å². The van der Waals surface area contributed by atoms with Crippen molar-refractivity contribution >= 4 is 17.3 Å². The molecular weight excluding hydrogens is 284 g/mol. The maximum Gasteiger partial charge on any atom is 0.0834 e. The highest BCUT2D eigenvalue weighted by molar-refractivity contribution is 6.30. The molecule has 1 aliphatic heterocycles. The molecule has 1 atom stereocenters. The maximum absolute atomic E-state index is 10.5. The average Bonchev–Trinajstić information content (AvgIpc) is 2.56. The second-order valence-corrected chi connectivity index (χ2v) is 5.97. The minimum absolute atomic E-state index is 0.303. The van der Waals surface area contributed by atoms with E-state index in [1.54, 1.807) is 12.4 Å². The average molecular weight is 303 g/mol. The number of aliphatic hydroxyl groups excluding tert-OH is 1. The molecule has 1 aromatic carbocycles. The van der Waals surface area contributed by atoms with Crippen LogP contribution >= 0.6 is 11.6 Å². The highest BCUT2D eigenvalue weighted by Crippen LogP contribution is 2.32. The lowest BCUT2D eigenvalue weighted by Gasteiger charge is -2.35. The molecular formula is C17H19ClN2O. The van der Waals surface area contributed by atoms with Gasteiger partial charge in [-0.25, -0.2) is 0 Å². The first-order valence-electron chi connectivity index (χ1n) is 7.32. The molecule has 0 bridgehead atoms. The number of nitrogens with zero attached hydrogens (tertiary/aromatic N) is 2. The summed E-state index contributed by atoms with van der Waals surface area (Å²) in [6, 6.07) is 11.8. The van der Waals surface area contributed by atoms with Gasteiger partial charge < -0.3 is 10.0 Å². The van der Waals surface area contributed by atoms with E-state index in [9.17, 15) is 5.11 Å². The fraction of sp³-hybridized carbons (Fsp3) is 0.353.